The zero-order chi connectivity index (χ0) is 21.5. The van der Waals surface area contributed by atoms with Crippen LogP contribution in [0.4, 0.5) is 10.5 Å². The third-order valence-corrected chi connectivity index (χ3v) is 7.73. The van der Waals surface area contributed by atoms with E-state index in [1.54, 1.807) is 26.4 Å². The number of aromatic nitrogens is 1. The molecule has 0 bridgehead atoms. The Bertz CT molecular complexity index is 1130. The number of amides is 2. The van der Waals surface area contributed by atoms with E-state index in [-0.39, 0.29) is 12.1 Å². The number of fused-ring (bicyclic) bond motifs is 5. The maximum Gasteiger partial charge on any atom is 0.322 e. The Morgan fingerprint density at radius 2 is 1.97 bits per heavy atom. The van der Waals surface area contributed by atoms with Crippen molar-refractivity contribution in [2.75, 3.05) is 19.5 Å². The number of thiophene rings is 1. The molecule has 2 aliphatic rings. The van der Waals surface area contributed by atoms with Crippen LogP contribution in [0.5, 0.6) is 11.5 Å². The van der Waals surface area contributed by atoms with Gasteiger partial charge < -0.3 is 24.3 Å². The normalized spacial score (nSPS) is 17.3. The fourth-order valence-electron chi connectivity index (χ4n) is 4.71. The highest BCUT2D eigenvalue weighted by molar-refractivity contribution is 7.15. The molecule has 3 heterocycles. The van der Waals surface area contributed by atoms with Gasteiger partial charge in [-0.25, -0.2) is 4.79 Å². The van der Waals surface area contributed by atoms with E-state index in [9.17, 15) is 4.79 Å². The number of nitrogens with zero attached hydrogens (tertiary/aromatic N) is 2. The highest BCUT2D eigenvalue weighted by atomic mass is 32.1. The number of hydrogen-bond donors (Lipinski definition) is 1. The number of methoxy groups -OCH3 is 2. The lowest BCUT2D eigenvalue weighted by Gasteiger charge is -2.28. The molecule has 0 radical (unpaired) electrons. The molecule has 6 nitrogen and oxygen atoms in total. The number of anilines is 1. The van der Waals surface area contributed by atoms with E-state index in [0.29, 0.717) is 23.7 Å². The number of aryl methyl sites for hydroxylation is 1. The van der Waals surface area contributed by atoms with E-state index in [1.807, 2.05) is 22.3 Å². The first-order valence-electron chi connectivity index (χ1n) is 10.7. The van der Waals surface area contributed by atoms with Gasteiger partial charge in [-0.3, -0.25) is 0 Å². The highest BCUT2D eigenvalue weighted by Gasteiger charge is 2.33. The molecule has 1 aliphatic carbocycles. The lowest BCUT2D eigenvalue weighted by atomic mass is 9.95. The van der Waals surface area contributed by atoms with E-state index in [0.717, 1.165) is 18.5 Å². The number of carbonyl (C=O) groups excluding carboxylic acids is 1. The predicted molar refractivity (Wildman–Crippen MR) is 123 cm³/mol. The number of nitrogens with one attached hydrogen (secondary N) is 1. The van der Waals surface area contributed by atoms with E-state index < -0.39 is 0 Å². The van der Waals surface area contributed by atoms with Crippen LogP contribution in [-0.4, -0.2) is 29.7 Å². The number of ether oxygens (including phenoxy) is 2. The van der Waals surface area contributed by atoms with Crippen LogP contribution in [0.2, 0.25) is 0 Å². The maximum atomic E-state index is 13.5. The van der Waals surface area contributed by atoms with Gasteiger partial charge in [-0.1, -0.05) is 0 Å². The minimum absolute atomic E-state index is 0.0644. The van der Waals surface area contributed by atoms with Crippen molar-refractivity contribution in [2.24, 2.45) is 0 Å². The molecule has 1 aliphatic heterocycles. The van der Waals surface area contributed by atoms with Crippen LogP contribution in [0, 0.1) is 0 Å². The van der Waals surface area contributed by atoms with Gasteiger partial charge in [-0.2, -0.15) is 0 Å². The molecule has 1 atom stereocenters. The summed E-state index contributed by atoms with van der Waals surface area (Å²) in [4.78, 5) is 17.0. The summed E-state index contributed by atoms with van der Waals surface area (Å²) in [7, 11) is 3.21. The molecule has 5 rings (SSSR count). The van der Waals surface area contributed by atoms with Crippen molar-refractivity contribution in [3.05, 3.63) is 58.2 Å². The molecule has 31 heavy (non-hydrogen) atoms. The van der Waals surface area contributed by atoms with Crippen LogP contribution in [0.3, 0.4) is 0 Å². The second-order valence-electron chi connectivity index (χ2n) is 8.10. The third kappa shape index (κ3) is 3.37. The fraction of sp³-hybridized carbons (Fsp3) is 0.375. The Labute approximate surface area is 186 Å². The zero-order valence-electron chi connectivity index (χ0n) is 18.1. The van der Waals surface area contributed by atoms with Crippen molar-refractivity contribution in [1.29, 1.82) is 0 Å². The fourth-order valence-corrected chi connectivity index (χ4v) is 6.11. The molecule has 162 valence electrons. The summed E-state index contributed by atoms with van der Waals surface area (Å²) in [5, 5.41) is 4.34. The predicted octanol–water partition coefficient (Wildman–Crippen LogP) is 5.54. The summed E-state index contributed by atoms with van der Waals surface area (Å²) in [6, 6.07) is 9.39. The van der Waals surface area contributed by atoms with Gasteiger partial charge in [0.2, 0.25) is 0 Å². The molecule has 0 saturated carbocycles. The maximum absolute atomic E-state index is 13.5. The number of rotatable bonds is 3. The monoisotopic (exact) mass is 437 g/mol. The average Bonchev–Trinajstić information content (AvgIpc) is 3.39. The van der Waals surface area contributed by atoms with E-state index >= 15 is 0 Å². The van der Waals surface area contributed by atoms with Crippen LogP contribution in [-0.2, 0) is 19.4 Å². The van der Waals surface area contributed by atoms with Crippen molar-refractivity contribution in [1.82, 2.24) is 9.47 Å². The summed E-state index contributed by atoms with van der Waals surface area (Å²) in [5.74, 6) is 1.27. The lowest BCUT2D eigenvalue weighted by molar-refractivity contribution is 0.189. The van der Waals surface area contributed by atoms with Crippen LogP contribution in [0.1, 0.15) is 47.5 Å². The number of carbonyl (C=O) groups is 1. The first-order valence-corrected chi connectivity index (χ1v) is 11.5. The van der Waals surface area contributed by atoms with Crippen LogP contribution >= 0.6 is 11.3 Å². The molecule has 0 spiro atoms. The van der Waals surface area contributed by atoms with Gasteiger partial charge in [-0.05, 0) is 62.4 Å². The second-order valence-corrected chi connectivity index (χ2v) is 9.18. The zero-order valence-corrected chi connectivity index (χ0v) is 18.9. The SMILES string of the molecule is COc1ccc(OC)c(NC(=O)N2Cc3c(sc4c3CCCC4)-n3cccc3[C@@H]2C)c1. The first kappa shape index (κ1) is 20.0. The molecule has 1 aromatic carbocycles. The second kappa shape index (κ2) is 7.96. The summed E-state index contributed by atoms with van der Waals surface area (Å²) in [6.07, 6.45) is 6.84. The van der Waals surface area contributed by atoms with E-state index in [2.05, 4.69) is 35.1 Å². The molecule has 0 unspecified atom stereocenters. The summed E-state index contributed by atoms with van der Waals surface area (Å²) >= 11 is 1.90. The average molecular weight is 438 g/mol. The number of benzene rings is 1. The van der Waals surface area contributed by atoms with Crippen molar-refractivity contribution in [3.8, 4) is 16.5 Å². The van der Waals surface area contributed by atoms with E-state index in [1.165, 1.54) is 33.8 Å². The smallest absolute Gasteiger partial charge is 0.322 e. The number of hydrogen-bond acceptors (Lipinski definition) is 4. The third-order valence-electron chi connectivity index (χ3n) is 6.39. The number of urea groups is 1. The van der Waals surface area contributed by atoms with Gasteiger partial charge in [-0.15, -0.1) is 11.3 Å². The highest BCUT2D eigenvalue weighted by Crippen LogP contribution is 2.42. The van der Waals surface area contributed by atoms with Gasteiger partial charge in [0, 0.05) is 28.4 Å². The summed E-state index contributed by atoms with van der Waals surface area (Å²) in [5.41, 5.74) is 4.49. The molecular formula is C24H27N3O3S. The topological polar surface area (TPSA) is 55.7 Å². The largest absolute Gasteiger partial charge is 0.497 e. The molecule has 2 amide bonds. The van der Waals surface area contributed by atoms with Crippen LogP contribution in [0.15, 0.2) is 36.5 Å². The van der Waals surface area contributed by atoms with Crippen LogP contribution < -0.4 is 14.8 Å². The van der Waals surface area contributed by atoms with Gasteiger partial charge in [0.05, 0.1) is 32.5 Å². The van der Waals surface area contributed by atoms with Gasteiger partial charge in [0.1, 0.15) is 16.5 Å². The lowest BCUT2D eigenvalue weighted by Crippen LogP contribution is -2.36. The molecule has 2 aromatic heterocycles. The summed E-state index contributed by atoms with van der Waals surface area (Å²) in [6.45, 7) is 2.69. The van der Waals surface area contributed by atoms with Crippen LogP contribution in [0.25, 0.3) is 5.00 Å². The molecule has 1 N–H and O–H groups in total. The molecular weight excluding hydrogens is 410 g/mol. The van der Waals surface area contributed by atoms with Gasteiger partial charge >= 0.3 is 6.03 Å². The minimum Gasteiger partial charge on any atom is -0.497 e. The Hall–Kier alpha value is -2.93. The molecule has 3 aromatic rings. The van der Waals surface area contributed by atoms with Crippen molar-refractivity contribution in [3.63, 3.8) is 0 Å². The molecule has 7 heteroatoms. The van der Waals surface area contributed by atoms with E-state index in [4.69, 9.17) is 9.47 Å². The summed E-state index contributed by atoms with van der Waals surface area (Å²) < 4.78 is 13.1. The van der Waals surface area contributed by atoms with Crippen molar-refractivity contribution < 1.29 is 14.3 Å². The Morgan fingerprint density at radius 1 is 1.13 bits per heavy atom. The Morgan fingerprint density at radius 3 is 2.77 bits per heavy atom. The minimum atomic E-state index is -0.143. The Balaban J connectivity index is 1.53. The first-order chi connectivity index (χ1) is 15.1. The van der Waals surface area contributed by atoms with Gasteiger partial charge in [0.15, 0.2) is 0 Å². The van der Waals surface area contributed by atoms with Crippen molar-refractivity contribution in [2.45, 2.75) is 45.2 Å². The van der Waals surface area contributed by atoms with Crippen molar-refractivity contribution >= 4 is 23.1 Å². The standard InChI is InChI=1S/C24H27N3O3S/c1-15-20-8-6-12-26(20)23-18(17-7-4-5-9-22(17)31-23)14-27(15)24(28)25-19-13-16(29-2)10-11-21(19)30-3/h6,8,10-13,15H,4-5,7,9,14H2,1-3H3,(H,25,28)/t15-/m0/s1. The molecule has 0 fully saturated rings. The molecule has 0 saturated heterocycles. The quantitative estimate of drug-likeness (QED) is 0.585. The Kier molecular flexibility index (Phi) is 5.14. The van der Waals surface area contributed by atoms with Gasteiger partial charge in [0.25, 0.3) is 0 Å².